The second-order valence-electron chi connectivity index (χ2n) is 5.37. The summed E-state index contributed by atoms with van der Waals surface area (Å²) < 4.78 is 1.59. The summed E-state index contributed by atoms with van der Waals surface area (Å²) in [5.41, 5.74) is 8.16. The third-order valence-corrected chi connectivity index (χ3v) is 4.13. The van der Waals surface area contributed by atoms with Gasteiger partial charge < -0.3 is 11.1 Å². The SMILES string of the molecule is N=C(N)n1nc(C2CCCC2)c2c1NCCCC2. The molecule has 1 saturated carbocycles. The number of anilines is 1. The van der Waals surface area contributed by atoms with Gasteiger partial charge in [-0.1, -0.05) is 12.8 Å². The maximum absolute atomic E-state index is 7.67. The predicted octanol–water partition coefficient (Wildman–Crippen LogP) is 2.03. The summed E-state index contributed by atoms with van der Waals surface area (Å²) >= 11 is 0. The lowest BCUT2D eigenvalue weighted by atomic mass is 9.97. The van der Waals surface area contributed by atoms with Crippen LogP contribution in [-0.4, -0.2) is 22.3 Å². The van der Waals surface area contributed by atoms with Crippen LogP contribution < -0.4 is 11.1 Å². The van der Waals surface area contributed by atoms with Crippen molar-refractivity contribution in [3.8, 4) is 0 Å². The molecular formula is C13H21N5. The summed E-state index contributed by atoms with van der Waals surface area (Å²) in [6.45, 7) is 0.954. The number of nitrogens with two attached hydrogens (primary N) is 1. The lowest BCUT2D eigenvalue weighted by Gasteiger charge is -2.08. The summed E-state index contributed by atoms with van der Waals surface area (Å²) in [6, 6.07) is 0. The first kappa shape index (κ1) is 11.6. The Morgan fingerprint density at radius 2 is 2.06 bits per heavy atom. The van der Waals surface area contributed by atoms with Crippen molar-refractivity contribution in [1.82, 2.24) is 9.78 Å². The van der Waals surface area contributed by atoms with Crippen LogP contribution in [0.3, 0.4) is 0 Å². The van der Waals surface area contributed by atoms with E-state index in [9.17, 15) is 0 Å². The molecule has 0 atom stereocenters. The molecule has 1 aliphatic carbocycles. The third-order valence-electron chi connectivity index (χ3n) is 4.13. The Balaban J connectivity index is 2.05. The first-order chi connectivity index (χ1) is 8.77. The summed E-state index contributed by atoms with van der Waals surface area (Å²) in [5, 5.41) is 15.7. The molecule has 0 radical (unpaired) electrons. The molecule has 1 aromatic heterocycles. The van der Waals surface area contributed by atoms with Crippen LogP contribution in [0, 0.1) is 5.41 Å². The molecule has 0 unspecified atom stereocenters. The zero-order valence-electron chi connectivity index (χ0n) is 10.7. The largest absolute Gasteiger partial charge is 0.370 e. The van der Waals surface area contributed by atoms with Gasteiger partial charge in [-0.25, -0.2) is 0 Å². The van der Waals surface area contributed by atoms with E-state index < -0.39 is 0 Å². The predicted molar refractivity (Wildman–Crippen MR) is 72.2 cm³/mol. The van der Waals surface area contributed by atoms with E-state index in [-0.39, 0.29) is 5.96 Å². The van der Waals surface area contributed by atoms with Gasteiger partial charge in [0.1, 0.15) is 5.82 Å². The van der Waals surface area contributed by atoms with E-state index in [2.05, 4.69) is 10.4 Å². The smallest absolute Gasteiger partial charge is 0.215 e. The summed E-state index contributed by atoms with van der Waals surface area (Å²) in [4.78, 5) is 0. The standard InChI is InChI=1S/C13H21N5/c14-13(15)18-12-10(7-3-4-8-16-12)11(17-18)9-5-1-2-6-9/h9,16H,1-8H2,(H3,14,15). The molecule has 0 bridgehead atoms. The van der Waals surface area contributed by atoms with Crippen molar-refractivity contribution in [3.63, 3.8) is 0 Å². The maximum atomic E-state index is 7.67. The van der Waals surface area contributed by atoms with Crippen LogP contribution in [0.4, 0.5) is 5.82 Å². The minimum absolute atomic E-state index is 0.0184. The van der Waals surface area contributed by atoms with Crippen molar-refractivity contribution in [2.45, 2.75) is 50.9 Å². The highest BCUT2D eigenvalue weighted by atomic mass is 15.4. The van der Waals surface area contributed by atoms with E-state index in [1.165, 1.54) is 49.8 Å². The van der Waals surface area contributed by atoms with Crippen LogP contribution in [0.2, 0.25) is 0 Å². The summed E-state index contributed by atoms with van der Waals surface area (Å²) in [7, 11) is 0. The van der Waals surface area contributed by atoms with Gasteiger partial charge in [0.05, 0.1) is 5.69 Å². The summed E-state index contributed by atoms with van der Waals surface area (Å²) in [6.07, 6.45) is 8.53. The fraction of sp³-hybridized carbons (Fsp3) is 0.692. The average molecular weight is 247 g/mol. The second-order valence-corrected chi connectivity index (χ2v) is 5.37. The first-order valence-electron chi connectivity index (χ1n) is 6.97. The van der Waals surface area contributed by atoms with Gasteiger partial charge in [0, 0.05) is 18.0 Å². The highest BCUT2D eigenvalue weighted by Gasteiger charge is 2.27. The molecule has 0 saturated heterocycles. The van der Waals surface area contributed by atoms with E-state index >= 15 is 0 Å². The monoisotopic (exact) mass is 247 g/mol. The Labute approximate surface area is 107 Å². The van der Waals surface area contributed by atoms with Crippen LogP contribution in [0.5, 0.6) is 0 Å². The number of rotatable bonds is 1. The molecule has 1 aromatic rings. The maximum Gasteiger partial charge on any atom is 0.215 e. The van der Waals surface area contributed by atoms with Gasteiger partial charge in [-0.05, 0) is 32.1 Å². The summed E-state index contributed by atoms with van der Waals surface area (Å²) in [5.74, 6) is 1.58. The Morgan fingerprint density at radius 1 is 1.28 bits per heavy atom. The van der Waals surface area contributed by atoms with Gasteiger partial charge in [-0.15, -0.1) is 0 Å². The van der Waals surface area contributed by atoms with E-state index in [0.29, 0.717) is 5.92 Å². The number of fused-ring (bicyclic) bond motifs is 1. The molecule has 1 fully saturated rings. The van der Waals surface area contributed by atoms with Crippen molar-refractivity contribution in [3.05, 3.63) is 11.3 Å². The molecular weight excluding hydrogens is 226 g/mol. The number of hydrogen-bond donors (Lipinski definition) is 3. The highest BCUT2D eigenvalue weighted by molar-refractivity contribution is 5.81. The molecule has 3 rings (SSSR count). The molecule has 18 heavy (non-hydrogen) atoms. The molecule has 2 aliphatic rings. The van der Waals surface area contributed by atoms with Crippen LogP contribution in [0.1, 0.15) is 55.7 Å². The zero-order chi connectivity index (χ0) is 12.5. The minimum Gasteiger partial charge on any atom is -0.370 e. The van der Waals surface area contributed by atoms with Gasteiger partial charge in [0.2, 0.25) is 5.96 Å². The highest BCUT2D eigenvalue weighted by Crippen LogP contribution is 2.38. The Morgan fingerprint density at radius 3 is 2.78 bits per heavy atom. The molecule has 0 spiro atoms. The van der Waals surface area contributed by atoms with Gasteiger partial charge in [-0.3, -0.25) is 5.41 Å². The second kappa shape index (κ2) is 4.63. The number of nitrogens with one attached hydrogen (secondary N) is 2. The van der Waals surface area contributed by atoms with E-state index in [4.69, 9.17) is 11.1 Å². The number of nitrogen functional groups attached to an aromatic ring is 1. The van der Waals surface area contributed by atoms with Gasteiger partial charge in [-0.2, -0.15) is 9.78 Å². The van der Waals surface area contributed by atoms with Crippen molar-refractivity contribution >= 4 is 11.8 Å². The van der Waals surface area contributed by atoms with E-state index in [0.717, 1.165) is 18.8 Å². The normalized spacial score (nSPS) is 20.2. The van der Waals surface area contributed by atoms with Crippen molar-refractivity contribution < 1.29 is 0 Å². The fourth-order valence-corrected chi connectivity index (χ4v) is 3.23. The van der Waals surface area contributed by atoms with Crippen LogP contribution >= 0.6 is 0 Å². The lowest BCUT2D eigenvalue weighted by molar-refractivity contribution is 0.667. The molecule has 0 aromatic carbocycles. The Bertz CT molecular complexity index is 456. The molecule has 0 amide bonds. The van der Waals surface area contributed by atoms with Gasteiger partial charge in [0.15, 0.2) is 0 Å². The zero-order valence-corrected chi connectivity index (χ0v) is 10.7. The van der Waals surface area contributed by atoms with E-state index in [1.807, 2.05) is 0 Å². The first-order valence-corrected chi connectivity index (χ1v) is 6.97. The van der Waals surface area contributed by atoms with Gasteiger partial charge >= 0.3 is 0 Å². The molecule has 4 N–H and O–H groups in total. The topological polar surface area (TPSA) is 79.7 Å². The van der Waals surface area contributed by atoms with Crippen molar-refractivity contribution in [2.24, 2.45) is 5.73 Å². The van der Waals surface area contributed by atoms with Crippen LogP contribution in [0.25, 0.3) is 0 Å². The Kier molecular flexibility index (Phi) is 2.97. The molecule has 5 heteroatoms. The van der Waals surface area contributed by atoms with Gasteiger partial charge in [0.25, 0.3) is 0 Å². The molecule has 1 aliphatic heterocycles. The third kappa shape index (κ3) is 1.87. The number of hydrogen-bond acceptors (Lipinski definition) is 3. The molecule has 5 nitrogen and oxygen atoms in total. The average Bonchev–Trinajstić information content (AvgIpc) is 2.91. The lowest BCUT2D eigenvalue weighted by Crippen LogP contribution is -2.24. The number of nitrogens with zero attached hydrogens (tertiary/aromatic N) is 2. The van der Waals surface area contributed by atoms with Crippen LogP contribution in [-0.2, 0) is 6.42 Å². The van der Waals surface area contributed by atoms with Crippen LogP contribution in [0.15, 0.2) is 0 Å². The fourth-order valence-electron chi connectivity index (χ4n) is 3.23. The molecule has 98 valence electrons. The Hall–Kier alpha value is -1.52. The van der Waals surface area contributed by atoms with Crippen molar-refractivity contribution in [2.75, 3.05) is 11.9 Å². The number of aromatic nitrogens is 2. The molecule has 2 heterocycles. The van der Waals surface area contributed by atoms with Crippen molar-refractivity contribution in [1.29, 1.82) is 5.41 Å². The quantitative estimate of drug-likeness (QED) is 0.524. The minimum atomic E-state index is 0.0184. The van der Waals surface area contributed by atoms with E-state index in [1.54, 1.807) is 4.68 Å².